The predicted molar refractivity (Wildman–Crippen MR) is 58.7 cm³/mol. The van der Waals surface area contributed by atoms with Gasteiger partial charge in [-0.1, -0.05) is 23.4 Å². The van der Waals surface area contributed by atoms with Crippen molar-refractivity contribution in [1.29, 1.82) is 0 Å². The highest BCUT2D eigenvalue weighted by atomic mass is 35.5. The molecule has 3 nitrogen and oxygen atoms in total. The second-order valence-corrected chi connectivity index (χ2v) is 3.30. The fraction of sp³-hybridized carbons (Fsp3) is 0.0909. The van der Waals surface area contributed by atoms with E-state index in [4.69, 9.17) is 11.6 Å². The van der Waals surface area contributed by atoms with Gasteiger partial charge in [-0.15, -0.1) is 0 Å². The number of halogens is 1. The number of nitrogens with zero attached hydrogens (tertiary/aromatic N) is 1. The smallest absolute Gasteiger partial charge is 0.140 e. The Morgan fingerprint density at radius 1 is 1.60 bits per heavy atom. The highest BCUT2D eigenvalue weighted by molar-refractivity contribution is 6.35. The third-order valence-electron chi connectivity index (χ3n) is 1.93. The van der Waals surface area contributed by atoms with Crippen molar-refractivity contribution >= 4 is 28.9 Å². The molecular weight excluding hydrogens is 212 g/mol. The van der Waals surface area contributed by atoms with Gasteiger partial charge in [0.25, 0.3) is 0 Å². The number of fused-ring (bicyclic) bond motifs is 1. The molecule has 0 aliphatic carbocycles. The summed E-state index contributed by atoms with van der Waals surface area (Å²) in [6.45, 7) is 0. The second kappa shape index (κ2) is 4.16. The normalized spacial score (nSPS) is 9.67. The maximum absolute atomic E-state index is 10.1. The molecule has 1 N–H and O–H groups in total. The van der Waals surface area contributed by atoms with Gasteiger partial charge < -0.3 is 9.78 Å². The van der Waals surface area contributed by atoms with Gasteiger partial charge in [0, 0.05) is 12.4 Å². The molecule has 0 bridgehead atoms. The van der Waals surface area contributed by atoms with Gasteiger partial charge in [0.15, 0.2) is 0 Å². The summed E-state index contributed by atoms with van der Waals surface area (Å²) in [6, 6.07) is 1.71. The molecule has 2 heterocycles. The lowest BCUT2D eigenvalue weighted by molar-refractivity contribution is -0.107. The summed E-state index contributed by atoms with van der Waals surface area (Å²) >= 11 is 6.02. The van der Waals surface area contributed by atoms with Gasteiger partial charge in [-0.3, -0.25) is 0 Å². The monoisotopic (exact) mass is 218 g/mol. The Morgan fingerprint density at radius 2 is 2.47 bits per heavy atom. The molecule has 0 radical (unpaired) electrons. The van der Waals surface area contributed by atoms with E-state index in [0.717, 1.165) is 17.2 Å². The van der Waals surface area contributed by atoms with Crippen LogP contribution in [0.25, 0.3) is 11.0 Å². The van der Waals surface area contributed by atoms with E-state index in [2.05, 4.69) is 21.8 Å². The Hall–Kier alpha value is -1.79. The lowest BCUT2D eigenvalue weighted by Crippen LogP contribution is -1.77. The maximum atomic E-state index is 10.1. The maximum Gasteiger partial charge on any atom is 0.140 e. The summed E-state index contributed by atoms with van der Waals surface area (Å²) in [5.74, 6) is 5.60. The van der Waals surface area contributed by atoms with E-state index in [-0.39, 0.29) is 6.42 Å². The number of aldehydes is 1. The van der Waals surface area contributed by atoms with Crippen LogP contribution in [0.2, 0.25) is 5.02 Å². The molecule has 0 atom stereocenters. The van der Waals surface area contributed by atoms with Crippen molar-refractivity contribution in [3.8, 4) is 11.8 Å². The molecule has 0 aromatic carbocycles. The van der Waals surface area contributed by atoms with Crippen LogP contribution in [-0.2, 0) is 4.79 Å². The van der Waals surface area contributed by atoms with E-state index >= 15 is 0 Å². The van der Waals surface area contributed by atoms with Gasteiger partial charge in [-0.2, -0.15) is 0 Å². The summed E-state index contributed by atoms with van der Waals surface area (Å²) in [7, 11) is 0. The summed E-state index contributed by atoms with van der Waals surface area (Å²) < 4.78 is 0. The Morgan fingerprint density at radius 3 is 3.27 bits per heavy atom. The van der Waals surface area contributed by atoms with Crippen LogP contribution in [-0.4, -0.2) is 16.3 Å². The first kappa shape index (κ1) is 9.75. The number of aromatic amines is 1. The molecule has 0 aliphatic heterocycles. The molecule has 0 amide bonds. The van der Waals surface area contributed by atoms with Crippen LogP contribution in [0.5, 0.6) is 0 Å². The molecule has 15 heavy (non-hydrogen) atoms. The predicted octanol–water partition coefficient (Wildman–Crippen LogP) is 2.16. The SMILES string of the molecule is O=CCC#Cc1c[nH]c2nccc(Cl)c12. The molecule has 0 unspecified atom stereocenters. The second-order valence-electron chi connectivity index (χ2n) is 2.89. The van der Waals surface area contributed by atoms with E-state index in [1.807, 2.05) is 0 Å². The summed E-state index contributed by atoms with van der Waals surface area (Å²) in [5.41, 5.74) is 1.47. The lowest BCUT2D eigenvalue weighted by Gasteiger charge is -1.92. The number of H-pyrrole nitrogens is 1. The van der Waals surface area contributed by atoms with Crippen LogP contribution >= 0.6 is 11.6 Å². The number of carbonyl (C=O) groups excluding carboxylic acids is 1. The van der Waals surface area contributed by atoms with Gasteiger partial charge in [-0.25, -0.2) is 4.98 Å². The zero-order valence-corrected chi connectivity index (χ0v) is 8.51. The average molecular weight is 219 g/mol. The first-order valence-corrected chi connectivity index (χ1v) is 4.75. The number of nitrogens with one attached hydrogen (secondary N) is 1. The first-order valence-electron chi connectivity index (χ1n) is 4.37. The minimum Gasteiger partial charge on any atom is -0.345 e. The van der Waals surface area contributed by atoms with Crippen molar-refractivity contribution in [1.82, 2.24) is 9.97 Å². The highest BCUT2D eigenvalue weighted by Gasteiger charge is 2.05. The number of rotatable bonds is 1. The Balaban J connectivity index is 2.54. The van der Waals surface area contributed by atoms with Gasteiger partial charge in [-0.05, 0) is 6.07 Å². The van der Waals surface area contributed by atoms with Crippen LogP contribution in [0, 0.1) is 11.8 Å². The van der Waals surface area contributed by atoms with Gasteiger partial charge >= 0.3 is 0 Å². The van der Waals surface area contributed by atoms with Crippen LogP contribution in [0.1, 0.15) is 12.0 Å². The van der Waals surface area contributed by atoms with Crippen molar-refractivity contribution in [2.24, 2.45) is 0 Å². The van der Waals surface area contributed by atoms with E-state index in [0.29, 0.717) is 10.7 Å². The molecule has 0 saturated carbocycles. The largest absolute Gasteiger partial charge is 0.345 e. The molecule has 4 heteroatoms. The molecule has 0 aliphatic rings. The third-order valence-corrected chi connectivity index (χ3v) is 2.25. The van der Waals surface area contributed by atoms with Crippen LogP contribution in [0.15, 0.2) is 18.5 Å². The van der Waals surface area contributed by atoms with E-state index in [1.165, 1.54) is 0 Å². The molecular formula is C11H7ClN2O. The van der Waals surface area contributed by atoms with E-state index in [1.54, 1.807) is 18.5 Å². The molecule has 0 fully saturated rings. The van der Waals surface area contributed by atoms with Crippen LogP contribution in [0.3, 0.4) is 0 Å². The fourth-order valence-corrected chi connectivity index (χ4v) is 1.55. The minimum atomic E-state index is 0.227. The fourth-order valence-electron chi connectivity index (χ4n) is 1.30. The van der Waals surface area contributed by atoms with Crippen LogP contribution < -0.4 is 0 Å². The summed E-state index contributed by atoms with van der Waals surface area (Å²) in [5, 5.41) is 1.41. The van der Waals surface area contributed by atoms with Crippen molar-refractivity contribution in [2.75, 3.05) is 0 Å². The molecule has 0 spiro atoms. The number of hydrogen-bond acceptors (Lipinski definition) is 2. The lowest BCUT2D eigenvalue weighted by atomic mass is 10.2. The van der Waals surface area contributed by atoms with Crippen molar-refractivity contribution in [2.45, 2.75) is 6.42 Å². The standard InChI is InChI=1S/C11H7ClN2O/c12-9-4-5-13-11-10(9)8(7-14-11)3-1-2-6-15/h4-7H,2H2,(H,13,14). The molecule has 0 saturated heterocycles. The zero-order valence-electron chi connectivity index (χ0n) is 7.75. The highest BCUT2D eigenvalue weighted by Crippen LogP contribution is 2.23. The quantitative estimate of drug-likeness (QED) is 0.589. The van der Waals surface area contributed by atoms with E-state index in [9.17, 15) is 4.79 Å². The van der Waals surface area contributed by atoms with Gasteiger partial charge in [0.2, 0.25) is 0 Å². The van der Waals surface area contributed by atoms with Crippen molar-refractivity contribution in [3.05, 3.63) is 29.0 Å². The molecule has 2 aromatic rings. The van der Waals surface area contributed by atoms with Gasteiger partial charge in [0.05, 0.1) is 22.4 Å². The average Bonchev–Trinajstić information content (AvgIpc) is 2.63. The van der Waals surface area contributed by atoms with Crippen molar-refractivity contribution in [3.63, 3.8) is 0 Å². The number of pyridine rings is 1. The topological polar surface area (TPSA) is 45.8 Å². The minimum absolute atomic E-state index is 0.227. The third kappa shape index (κ3) is 1.85. The van der Waals surface area contributed by atoms with Crippen molar-refractivity contribution < 1.29 is 4.79 Å². The number of hydrogen-bond donors (Lipinski definition) is 1. The van der Waals surface area contributed by atoms with E-state index < -0.39 is 0 Å². The first-order chi connectivity index (χ1) is 7.33. The molecule has 74 valence electrons. The van der Waals surface area contributed by atoms with Crippen LogP contribution in [0.4, 0.5) is 0 Å². The zero-order chi connectivity index (χ0) is 10.7. The summed E-state index contributed by atoms with van der Waals surface area (Å²) in [4.78, 5) is 17.2. The number of aromatic nitrogens is 2. The Labute approximate surface area is 91.5 Å². The van der Waals surface area contributed by atoms with Gasteiger partial charge in [0.1, 0.15) is 11.9 Å². The Bertz CT molecular complexity index is 563. The molecule has 2 aromatic heterocycles. The summed E-state index contributed by atoms with van der Waals surface area (Å²) in [6.07, 6.45) is 4.36. The number of carbonyl (C=O) groups is 1. The Kier molecular flexibility index (Phi) is 2.70. The molecule has 2 rings (SSSR count).